The molecule has 0 saturated heterocycles. The van der Waals surface area contributed by atoms with Crippen LogP contribution in [0.1, 0.15) is 19.8 Å². The van der Waals surface area contributed by atoms with Crippen molar-refractivity contribution >= 4 is 17.3 Å². The topological polar surface area (TPSA) is 21.3 Å². The summed E-state index contributed by atoms with van der Waals surface area (Å²) >= 11 is 5.92. The second-order valence-electron chi connectivity index (χ2n) is 3.99. The fourth-order valence-electron chi connectivity index (χ4n) is 1.90. The van der Waals surface area contributed by atoms with E-state index in [0.717, 1.165) is 19.4 Å². The van der Waals surface area contributed by atoms with E-state index in [1.165, 1.54) is 6.07 Å². The Morgan fingerprint density at radius 3 is 2.88 bits per heavy atom. The molecule has 0 heterocycles. The number of nitrogens with one attached hydrogen (secondary N) is 1. The molecule has 1 N–H and O–H groups in total. The van der Waals surface area contributed by atoms with Gasteiger partial charge in [0.25, 0.3) is 0 Å². The van der Waals surface area contributed by atoms with Crippen LogP contribution in [0.15, 0.2) is 18.2 Å². The van der Waals surface area contributed by atoms with E-state index in [4.69, 9.17) is 16.3 Å². The predicted molar refractivity (Wildman–Crippen MR) is 63.5 cm³/mol. The van der Waals surface area contributed by atoms with Gasteiger partial charge >= 0.3 is 0 Å². The average molecular weight is 244 g/mol. The summed E-state index contributed by atoms with van der Waals surface area (Å²) in [7, 11) is 0. The molecule has 88 valence electrons. The van der Waals surface area contributed by atoms with Crippen LogP contribution >= 0.6 is 11.6 Å². The van der Waals surface area contributed by atoms with Crippen molar-refractivity contribution in [2.45, 2.75) is 31.9 Å². The molecule has 0 amide bonds. The molecular weight excluding hydrogens is 229 g/mol. The van der Waals surface area contributed by atoms with Crippen LogP contribution < -0.4 is 5.32 Å². The number of para-hydroxylation sites is 1. The third-order valence-electron chi connectivity index (χ3n) is 2.81. The van der Waals surface area contributed by atoms with Crippen LogP contribution in [0, 0.1) is 5.82 Å². The minimum Gasteiger partial charge on any atom is -0.379 e. The van der Waals surface area contributed by atoms with E-state index in [1.54, 1.807) is 12.1 Å². The molecule has 1 aromatic carbocycles. The third-order valence-corrected chi connectivity index (χ3v) is 3.12. The number of hydrogen-bond acceptors (Lipinski definition) is 2. The van der Waals surface area contributed by atoms with Crippen LogP contribution in [0.3, 0.4) is 0 Å². The van der Waals surface area contributed by atoms with Gasteiger partial charge in [0.1, 0.15) is 5.82 Å². The van der Waals surface area contributed by atoms with Crippen molar-refractivity contribution in [3.8, 4) is 0 Å². The third kappa shape index (κ3) is 2.47. The minimum absolute atomic E-state index is 0.269. The average Bonchev–Trinajstić information content (AvgIpc) is 2.19. The van der Waals surface area contributed by atoms with Crippen molar-refractivity contribution in [1.29, 1.82) is 0 Å². The summed E-state index contributed by atoms with van der Waals surface area (Å²) in [5.74, 6) is -0.299. The number of halogens is 2. The van der Waals surface area contributed by atoms with Gasteiger partial charge in [0, 0.05) is 12.6 Å². The molecule has 0 aliphatic heterocycles. The lowest BCUT2D eigenvalue weighted by molar-refractivity contribution is 0.00293. The predicted octanol–water partition coefficient (Wildman–Crippen LogP) is 3.46. The van der Waals surface area contributed by atoms with E-state index < -0.39 is 0 Å². The van der Waals surface area contributed by atoms with Gasteiger partial charge in [-0.15, -0.1) is 0 Å². The van der Waals surface area contributed by atoms with Crippen molar-refractivity contribution in [3.63, 3.8) is 0 Å². The molecule has 0 unspecified atom stereocenters. The highest BCUT2D eigenvalue weighted by molar-refractivity contribution is 6.33. The zero-order valence-corrected chi connectivity index (χ0v) is 9.93. The molecule has 1 aromatic rings. The summed E-state index contributed by atoms with van der Waals surface area (Å²) in [6.07, 6.45) is 2.14. The van der Waals surface area contributed by atoms with Crippen molar-refractivity contribution in [1.82, 2.24) is 0 Å². The normalized spacial score (nSPS) is 23.9. The van der Waals surface area contributed by atoms with Gasteiger partial charge in [0.2, 0.25) is 0 Å². The zero-order valence-electron chi connectivity index (χ0n) is 9.17. The van der Waals surface area contributed by atoms with E-state index >= 15 is 0 Å². The molecule has 1 aliphatic carbocycles. The standard InChI is InChI=1S/C12H15ClFNO/c1-2-16-9-6-8(7-9)15-12-10(13)4-3-5-11(12)14/h3-5,8-9,15H,2,6-7H2,1H3. The van der Waals surface area contributed by atoms with E-state index in [0.29, 0.717) is 16.8 Å². The molecule has 0 bridgehead atoms. The number of ether oxygens (including phenoxy) is 1. The molecule has 4 heteroatoms. The van der Waals surface area contributed by atoms with Crippen LogP contribution in [-0.2, 0) is 4.74 Å². The molecule has 1 aliphatic rings. The van der Waals surface area contributed by atoms with Gasteiger partial charge in [-0.2, -0.15) is 0 Å². The summed E-state index contributed by atoms with van der Waals surface area (Å²) in [5.41, 5.74) is 0.407. The monoisotopic (exact) mass is 243 g/mol. The number of benzene rings is 1. The second-order valence-corrected chi connectivity index (χ2v) is 4.39. The van der Waals surface area contributed by atoms with Gasteiger partial charge in [-0.05, 0) is 31.9 Å². The molecule has 1 fully saturated rings. The molecular formula is C12H15ClFNO. The SMILES string of the molecule is CCOC1CC(Nc2c(F)cccc2Cl)C1. The quantitative estimate of drug-likeness (QED) is 0.875. The number of rotatable bonds is 4. The maximum atomic E-state index is 13.4. The lowest BCUT2D eigenvalue weighted by atomic mass is 9.89. The Balaban J connectivity index is 1.91. The molecule has 0 atom stereocenters. The summed E-state index contributed by atoms with van der Waals surface area (Å²) in [4.78, 5) is 0. The molecule has 1 saturated carbocycles. The van der Waals surface area contributed by atoms with E-state index in [9.17, 15) is 4.39 Å². The lowest BCUT2D eigenvalue weighted by Gasteiger charge is -2.36. The van der Waals surface area contributed by atoms with E-state index in [2.05, 4.69) is 5.32 Å². The summed E-state index contributed by atoms with van der Waals surface area (Å²) in [5, 5.41) is 3.55. The summed E-state index contributed by atoms with van der Waals surface area (Å²) in [6.45, 7) is 2.71. The van der Waals surface area contributed by atoms with Crippen LogP contribution in [0.2, 0.25) is 5.02 Å². The van der Waals surface area contributed by atoms with E-state index in [-0.39, 0.29) is 11.9 Å². The highest BCUT2D eigenvalue weighted by Gasteiger charge is 2.30. The van der Waals surface area contributed by atoms with Crippen molar-refractivity contribution in [3.05, 3.63) is 29.0 Å². The Morgan fingerprint density at radius 1 is 1.50 bits per heavy atom. The Hall–Kier alpha value is -0.800. The minimum atomic E-state index is -0.299. The highest BCUT2D eigenvalue weighted by atomic mass is 35.5. The van der Waals surface area contributed by atoms with Crippen LogP contribution in [0.5, 0.6) is 0 Å². The Bertz CT molecular complexity index is 346. The number of anilines is 1. The van der Waals surface area contributed by atoms with Gasteiger partial charge in [0.05, 0.1) is 16.8 Å². The number of hydrogen-bond donors (Lipinski definition) is 1. The first-order valence-electron chi connectivity index (χ1n) is 5.53. The van der Waals surface area contributed by atoms with Crippen LogP contribution in [0.4, 0.5) is 10.1 Å². The first-order chi connectivity index (χ1) is 7.70. The Morgan fingerprint density at radius 2 is 2.25 bits per heavy atom. The molecule has 16 heavy (non-hydrogen) atoms. The maximum absolute atomic E-state index is 13.4. The molecule has 0 spiro atoms. The summed E-state index contributed by atoms with van der Waals surface area (Å²) in [6, 6.07) is 4.97. The van der Waals surface area contributed by atoms with Gasteiger partial charge in [-0.25, -0.2) is 4.39 Å². The first-order valence-corrected chi connectivity index (χ1v) is 5.90. The fourth-order valence-corrected chi connectivity index (χ4v) is 2.11. The first kappa shape index (κ1) is 11.7. The fraction of sp³-hybridized carbons (Fsp3) is 0.500. The summed E-state index contributed by atoms with van der Waals surface area (Å²) < 4.78 is 18.9. The maximum Gasteiger partial charge on any atom is 0.147 e. The Kier molecular flexibility index (Phi) is 3.66. The smallest absolute Gasteiger partial charge is 0.147 e. The Labute approximate surface area is 99.7 Å². The van der Waals surface area contributed by atoms with Crippen molar-refractivity contribution in [2.24, 2.45) is 0 Å². The molecule has 2 nitrogen and oxygen atoms in total. The van der Waals surface area contributed by atoms with Crippen molar-refractivity contribution in [2.75, 3.05) is 11.9 Å². The highest BCUT2D eigenvalue weighted by Crippen LogP contribution is 2.31. The zero-order chi connectivity index (χ0) is 11.5. The lowest BCUT2D eigenvalue weighted by Crippen LogP contribution is -2.41. The largest absolute Gasteiger partial charge is 0.379 e. The van der Waals surface area contributed by atoms with Gasteiger partial charge in [0.15, 0.2) is 0 Å². The second kappa shape index (κ2) is 5.02. The van der Waals surface area contributed by atoms with E-state index in [1.807, 2.05) is 6.92 Å². The van der Waals surface area contributed by atoms with Gasteiger partial charge in [-0.1, -0.05) is 17.7 Å². The molecule has 0 radical (unpaired) electrons. The van der Waals surface area contributed by atoms with Crippen molar-refractivity contribution < 1.29 is 9.13 Å². The van der Waals surface area contributed by atoms with Gasteiger partial charge < -0.3 is 10.1 Å². The molecule has 0 aromatic heterocycles. The van der Waals surface area contributed by atoms with Crippen LogP contribution in [0.25, 0.3) is 0 Å². The van der Waals surface area contributed by atoms with Crippen LogP contribution in [-0.4, -0.2) is 18.8 Å². The molecule has 2 rings (SSSR count). The van der Waals surface area contributed by atoms with Gasteiger partial charge in [-0.3, -0.25) is 0 Å².